The lowest BCUT2D eigenvalue weighted by Gasteiger charge is -2.30. The molecule has 0 fully saturated rings. The van der Waals surface area contributed by atoms with Crippen LogP contribution in [0.25, 0.3) is 0 Å². The maximum absolute atomic E-state index is 13.0. The highest BCUT2D eigenvalue weighted by Crippen LogP contribution is 2.48. The molecule has 0 unspecified atom stereocenters. The summed E-state index contributed by atoms with van der Waals surface area (Å²) in [6, 6.07) is 14.7. The second kappa shape index (κ2) is 6.99. The number of benzene rings is 2. The van der Waals surface area contributed by atoms with Crippen LogP contribution < -0.4 is 10.4 Å². The van der Waals surface area contributed by atoms with E-state index in [1.807, 2.05) is 35.2 Å². The Bertz CT molecular complexity index is 920. The highest BCUT2D eigenvalue weighted by molar-refractivity contribution is 6.98. The number of carbonyl (C=O) groups is 1. The molecule has 0 aliphatic carbocycles. The molecule has 5 heteroatoms. The van der Waals surface area contributed by atoms with Gasteiger partial charge in [0, 0.05) is 0 Å². The number of amides is 1. The fourth-order valence-electron chi connectivity index (χ4n) is 4.48. The Morgan fingerprint density at radius 2 is 1.34 bits per heavy atom. The van der Waals surface area contributed by atoms with E-state index in [1.165, 1.54) is 11.1 Å². The summed E-state index contributed by atoms with van der Waals surface area (Å²) in [4.78, 5) is 14.9. The van der Waals surface area contributed by atoms with E-state index >= 15 is 0 Å². The third-order valence-electron chi connectivity index (χ3n) is 5.97. The van der Waals surface area contributed by atoms with Crippen LogP contribution >= 0.6 is 0 Å². The predicted molar refractivity (Wildman–Crippen MR) is 125 cm³/mol. The van der Waals surface area contributed by atoms with Crippen molar-refractivity contribution in [2.24, 2.45) is 0 Å². The molecule has 4 rings (SSSR count). The van der Waals surface area contributed by atoms with Gasteiger partial charge in [-0.1, -0.05) is 104 Å². The lowest BCUT2D eigenvalue weighted by molar-refractivity contribution is 0.0876. The van der Waals surface area contributed by atoms with Crippen LogP contribution in [0.3, 0.4) is 0 Å². The van der Waals surface area contributed by atoms with Crippen molar-refractivity contribution in [2.75, 3.05) is 0 Å². The standard InChI is InChI=1S/C24H31NO2Si2/c1-28(2,3)22-14-18-19(15-23(22)29(4,5)6)21-13-12-20(18)25(21)24(26)27-16-17-10-8-7-9-11-17/h7-15,20-21H,16H2,1-6H3/t20-,21+. The van der Waals surface area contributed by atoms with Crippen LogP contribution in [0.1, 0.15) is 28.8 Å². The summed E-state index contributed by atoms with van der Waals surface area (Å²) < 4.78 is 5.68. The Hall–Kier alpha value is -2.12. The van der Waals surface area contributed by atoms with Gasteiger partial charge in [-0.05, 0) is 16.7 Å². The first kappa shape index (κ1) is 20.2. The third kappa shape index (κ3) is 3.62. The van der Waals surface area contributed by atoms with E-state index in [2.05, 4.69) is 63.6 Å². The first-order chi connectivity index (χ1) is 13.6. The summed E-state index contributed by atoms with van der Waals surface area (Å²) >= 11 is 0. The Morgan fingerprint density at radius 3 is 1.79 bits per heavy atom. The van der Waals surface area contributed by atoms with Gasteiger partial charge in [-0.2, -0.15) is 0 Å². The van der Waals surface area contributed by atoms with Crippen LogP contribution in [0.4, 0.5) is 4.79 Å². The van der Waals surface area contributed by atoms with Gasteiger partial charge in [-0.3, -0.25) is 4.90 Å². The zero-order valence-corrected chi connectivity index (χ0v) is 20.3. The van der Waals surface area contributed by atoms with Crippen LogP contribution in [-0.4, -0.2) is 27.1 Å². The topological polar surface area (TPSA) is 29.5 Å². The van der Waals surface area contributed by atoms with Gasteiger partial charge in [0.15, 0.2) is 0 Å². The van der Waals surface area contributed by atoms with Crippen molar-refractivity contribution in [2.45, 2.75) is 58.0 Å². The van der Waals surface area contributed by atoms with Crippen molar-refractivity contribution in [1.29, 1.82) is 0 Å². The quantitative estimate of drug-likeness (QED) is 0.509. The molecule has 0 saturated heterocycles. The second-order valence-electron chi connectivity index (χ2n) is 10.2. The predicted octanol–water partition coefficient (Wildman–Crippen LogP) is 5.08. The van der Waals surface area contributed by atoms with E-state index in [9.17, 15) is 4.79 Å². The average Bonchev–Trinajstić information content (AvgIpc) is 3.21. The number of ether oxygens (including phenoxy) is 1. The zero-order chi connectivity index (χ0) is 21.0. The largest absolute Gasteiger partial charge is 0.445 e. The summed E-state index contributed by atoms with van der Waals surface area (Å²) in [5.74, 6) is 0. The molecule has 2 aliphatic heterocycles. The number of rotatable bonds is 4. The SMILES string of the molecule is C[Si](C)(C)c1cc2c(cc1[Si](C)(C)C)[C@@H]1C=C[C@H]2N1C(=O)OCc1ccccc1. The number of hydrogen-bond acceptors (Lipinski definition) is 2. The lowest BCUT2D eigenvalue weighted by atomic mass is 9.97. The van der Waals surface area contributed by atoms with Gasteiger partial charge in [-0.25, -0.2) is 4.79 Å². The van der Waals surface area contributed by atoms with Crippen LogP contribution in [0.2, 0.25) is 39.3 Å². The minimum absolute atomic E-state index is 0.00376. The van der Waals surface area contributed by atoms with E-state index in [4.69, 9.17) is 4.74 Å². The number of nitrogens with zero attached hydrogens (tertiary/aromatic N) is 1. The van der Waals surface area contributed by atoms with Gasteiger partial charge >= 0.3 is 6.09 Å². The first-order valence-electron chi connectivity index (χ1n) is 10.4. The van der Waals surface area contributed by atoms with Gasteiger partial charge < -0.3 is 4.74 Å². The van der Waals surface area contributed by atoms with E-state index in [0.29, 0.717) is 6.61 Å². The second-order valence-corrected chi connectivity index (χ2v) is 20.3. The molecule has 2 heterocycles. The van der Waals surface area contributed by atoms with Crippen LogP contribution in [-0.2, 0) is 11.3 Å². The molecule has 2 atom stereocenters. The number of carbonyl (C=O) groups excluding carboxylic acids is 1. The van der Waals surface area contributed by atoms with E-state index in [0.717, 1.165) is 5.56 Å². The summed E-state index contributed by atoms with van der Waals surface area (Å²) in [6.45, 7) is 14.9. The van der Waals surface area contributed by atoms with Crippen molar-refractivity contribution in [1.82, 2.24) is 4.90 Å². The Balaban J connectivity index is 1.65. The Labute approximate surface area is 176 Å². The zero-order valence-electron chi connectivity index (χ0n) is 18.3. The summed E-state index contributed by atoms with van der Waals surface area (Å²) in [5, 5.41) is 3.13. The van der Waals surface area contributed by atoms with E-state index in [-0.39, 0.29) is 18.2 Å². The lowest BCUT2D eigenvalue weighted by Crippen LogP contribution is -2.56. The van der Waals surface area contributed by atoms with Crippen molar-refractivity contribution in [3.8, 4) is 0 Å². The maximum atomic E-state index is 13.0. The van der Waals surface area contributed by atoms with Crippen molar-refractivity contribution >= 4 is 32.6 Å². The van der Waals surface area contributed by atoms with E-state index < -0.39 is 16.1 Å². The molecule has 29 heavy (non-hydrogen) atoms. The molecule has 3 nitrogen and oxygen atoms in total. The Morgan fingerprint density at radius 1 is 0.862 bits per heavy atom. The molecule has 0 aromatic heterocycles. The van der Waals surface area contributed by atoms with Gasteiger partial charge in [0.1, 0.15) is 6.61 Å². The number of fused-ring (bicyclic) bond motifs is 5. The highest BCUT2D eigenvalue weighted by Gasteiger charge is 2.45. The normalized spacial score (nSPS) is 20.1. The minimum Gasteiger partial charge on any atom is -0.445 e. The molecule has 2 aliphatic rings. The molecule has 0 radical (unpaired) electrons. The molecule has 0 saturated carbocycles. The maximum Gasteiger partial charge on any atom is 0.411 e. The highest BCUT2D eigenvalue weighted by atomic mass is 28.3. The third-order valence-corrected chi connectivity index (χ3v) is 10.3. The fraction of sp³-hybridized carbons (Fsp3) is 0.375. The monoisotopic (exact) mass is 421 g/mol. The molecular weight excluding hydrogens is 390 g/mol. The van der Waals surface area contributed by atoms with Crippen molar-refractivity contribution < 1.29 is 9.53 Å². The minimum atomic E-state index is -1.49. The van der Waals surface area contributed by atoms with E-state index in [1.54, 1.807) is 10.4 Å². The first-order valence-corrected chi connectivity index (χ1v) is 17.4. The van der Waals surface area contributed by atoms with Crippen LogP contribution in [0, 0.1) is 0 Å². The smallest absolute Gasteiger partial charge is 0.411 e. The fourth-order valence-corrected chi connectivity index (χ4v) is 9.67. The van der Waals surface area contributed by atoms with Crippen LogP contribution in [0.15, 0.2) is 54.6 Å². The molecule has 152 valence electrons. The Kier molecular flexibility index (Phi) is 4.86. The van der Waals surface area contributed by atoms with Crippen molar-refractivity contribution in [3.05, 3.63) is 71.3 Å². The van der Waals surface area contributed by atoms with Gasteiger partial charge in [0.05, 0.1) is 28.2 Å². The molecule has 2 aromatic rings. The number of hydrogen-bond donors (Lipinski definition) is 0. The molecule has 1 amide bonds. The molecule has 2 aromatic carbocycles. The summed E-state index contributed by atoms with van der Waals surface area (Å²) in [6.07, 6.45) is 4.10. The molecule has 0 spiro atoms. The average molecular weight is 422 g/mol. The molecule has 2 bridgehead atoms. The molecule has 0 N–H and O–H groups in total. The van der Waals surface area contributed by atoms with Crippen LogP contribution in [0.5, 0.6) is 0 Å². The van der Waals surface area contributed by atoms with Gasteiger partial charge in [0.25, 0.3) is 0 Å². The summed E-state index contributed by atoms with van der Waals surface area (Å²) in [7, 11) is -2.98. The summed E-state index contributed by atoms with van der Waals surface area (Å²) in [5.41, 5.74) is 3.61. The van der Waals surface area contributed by atoms with Gasteiger partial charge in [-0.15, -0.1) is 0 Å². The van der Waals surface area contributed by atoms with Crippen molar-refractivity contribution in [3.63, 3.8) is 0 Å². The van der Waals surface area contributed by atoms with Gasteiger partial charge in [0.2, 0.25) is 0 Å². The molecular formula is C24H31NO2Si2.